The van der Waals surface area contributed by atoms with Crippen molar-refractivity contribution in [1.82, 2.24) is 9.78 Å². The molecule has 3 nitrogen and oxygen atoms in total. The number of benzene rings is 1. The van der Waals surface area contributed by atoms with Crippen molar-refractivity contribution in [2.24, 2.45) is 0 Å². The molecule has 1 heterocycles. The fourth-order valence-electron chi connectivity index (χ4n) is 2.42. The van der Waals surface area contributed by atoms with Gasteiger partial charge in [0.25, 0.3) is 0 Å². The summed E-state index contributed by atoms with van der Waals surface area (Å²) in [6.07, 6.45) is 0.269. The monoisotopic (exact) mass is 354 g/mol. The van der Waals surface area contributed by atoms with Crippen molar-refractivity contribution in [3.8, 4) is 0 Å². The standard InChI is InChI=1S/C16H20BrFN2O/c1-4-13-16(17)14(20(5-2)19-13)9-15(21)11-8-10(3)6-7-12(11)18/h6-8,15,21H,4-5,9H2,1-3H3. The molecule has 0 saturated heterocycles. The van der Waals surface area contributed by atoms with Gasteiger partial charge in [0.05, 0.1) is 22.0 Å². The molecule has 0 aliphatic rings. The fraction of sp³-hybridized carbons (Fsp3) is 0.438. The number of nitrogens with zero attached hydrogens (tertiary/aromatic N) is 2. The van der Waals surface area contributed by atoms with Gasteiger partial charge in [0.1, 0.15) is 5.82 Å². The second-order valence-electron chi connectivity index (χ2n) is 5.12. The summed E-state index contributed by atoms with van der Waals surface area (Å²) < 4.78 is 16.7. The van der Waals surface area contributed by atoms with Crippen LogP contribution in [-0.2, 0) is 19.4 Å². The van der Waals surface area contributed by atoms with E-state index in [1.54, 1.807) is 12.1 Å². The highest BCUT2D eigenvalue weighted by molar-refractivity contribution is 9.10. The maximum Gasteiger partial charge on any atom is 0.129 e. The van der Waals surface area contributed by atoms with E-state index >= 15 is 0 Å². The van der Waals surface area contributed by atoms with Crippen LogP contribution in [0.5, 0.6) is 0 Å². The summed E-state index contributed by atoms with van der Waals surface area (Å²) in [4.78, 5) is 0. The quantitative estimate of drug-likeness (QED) is 0.882. The highest BCUT2D eigenvalue weighted by Crippen LogP contribution is 2.28. The molecule has 2 aromatic rings. The van der Waals surface area contributed by atoms with E-state index in [1.165, 1.54) is 6.07 Å². The van der Waals surface area contributed by atoms with E-state index in [-0.39, 0.29) is 5.82 Å². The van der Waals surface area contributed by atoms with Crippen LogP contribution in [-0.4, -0.2) is 14.9 Å². The highest BCUT2D eigenvalue weighted by Gasteiger charge is 2.20. The van der Waals surface area contributed by atoms with Gasteiger partial charge in [0.2, 0.25) is 0 Å². The third-order valence-corrected chi connectivity index (χ3v) is 4.51. The number of aliphatic hydroxyl groups is 1. The van der Waals surface area contributed by atoms with Gasteiger partial charge in [-0.25, -0.2) is 4.39 Å². The van der Waals surface area contributed by atoms with E-state index in [9.17, 15) is 9.50 Å². The first-order valence-electron chi connectivity index (χ1n) is 7.16. The second kappa shape index (κ2) is 6.71. The maximum atomic E-state index is 13.9. The number of rotatable bonds is 5. The molecule has 0 amide bonds. The average Bonchev–Trinajstić information content (AvgIpc) is 2.77. The fourth-order valence-corrected chi connectivity index (χ4v) is 3.15. The molecule has 0 aliphatic carbocycles. The Morgan fingerprint density at radius 1 is 1.38 bits per heavy atom. The predicted molar refractivity (Wildman–Crippen MR) is 84.8 cm³/mol. The summed E-state index contributed by atoms with van der Waals surface area (Å²) >= 11 is 3.55. The number of halogens is 2. The van der Waals surface area contributed by atoms with Crippen molar-refractivity contribution in [1.29, 1.82) is 0 Å². The molecule has 0 bridgehead atoms. The number of aromatic nitrogens is 2. The number of aryl methyl sites for hydroxylation is 3. The lowest BCUT2D eigenvalue weighted by atomic mass is 10.0. The molecule has 5 heteroatoms. The van der Waals surface area contributed by atoms with Gasteiger partial charge >= 0.3 is 0 Å². The lowest BCUT2D eigenvalue weighted by molar-refractivity contribution is 0.170. The van der Waals surface area contributed by atoms with E-state index in [1.807, 2.05) is 25.5 Å². The molecule has 0 radical (unpaired) electrons. The van der Waals surface area contributed by atoms with Gasteiger partial charge in [-0.1, -0.05) is 24.6 Å². The van der Waals surface area contributed by atoms with Crippen molar-refractivity contribution >= 4 is 15.9 Å². The summed E-state index contributed by atoms with van der Waals surface area (Å²) in [5, 5.41) is 14.9. The summed E-state index contributed by atoms with van der Waals surface area (Å²) in [6, 6.07) is 4.80. The smallest absolute Gasteiger partial charge is 0.129 e. The first-order valence-corrected chi connectivity index (χ1v) is 7.95. The molecular formula is C16H20BrFN2O. The lowest BCUT2D eigenvalue weighted by Crippen LogP contribution is -2.10. The first-order chi connectivity index (χ1) is 9.97. The Hall–Kier alpha value is -1.20. The van der Waals surface area contributed by atoms with Gasteiger partial charge < -0.3 is 5.11 Å². The molecule has 1 aromatic carbocycles. The third-order valence-electron chi connectivity index (χ3n) is 3.59. The minimum atomic E-state index is -0.882. The molecule has 1 N–H and O–H groups in total. The average molecular weight is 355 g/mol. The minimum Gasteiger partial charge on any atom is -0.388 e. The van der Waals surface area contributed by atoms with Crippen molar-refractivity contribution in [3.05, 3.63) is 51.0 Å². The van der Waals surface area contributed by atoms with Crippen LogP contribution in [0.3, 0.4) is 0 Å². The van der Waals surface area contributed by atoms with Gasteiger partial charge in [0, 0.05) is 18.5 Å². The Kier molecular flexibility index (Phi) is 5.17. The number of hydrogen-bond acceptors (Lipinski definition) is 2. The summed E-state index contributed by atoms with van der Waals surface area (Å²) in [6.45, 7) is 6.64. The van der Waals surface area contributed by atoms with E-state index in [4.69, 9.17) is 0 Å². The molecule has 0 fully saturated rings. The molecule has 0 spiro atoms. The Morgan fingerprint density at radius 2 is 2.10 bits per heavy atom. The summed E-state index contributed by atoms with van der Waals surface area (Å²) in [7, 11) is 0. The van der Waals surface area contributed by atoms with Gasteiger partial charge in [-0.3, -0.25) is 4.68 Å². The first kappa shape index (κ1) is 16.2. The number of hydrogen-bond donors (Lipinski definition) is 1. The van der Waals surface area contributed by atoms with E-state index in [0.29, 0.717) is 12.0 Å². The van der Waals surface area contributed by atoms with Crippen LogP contribution in [0.15, 0.2) is 22.7 Å². The Labute approximate surface area is 132 Å². The van der Waals surface area contributed by atoms with E-state index in [0.717, 1.165) is 34.4 Å². The Balaban J connectivity index is 2.33. The SMILES string of the molecule is CCc1nn(CC)c(CC(O)c2cc(C)ccc2F)c1Br. The molecule has 114 valence electrons. The minimum absolute atomic E-state index is 0.335. The topological polar surface area (TPSA) is 38.0 Å². The molecular weight excluding hydrogens is 335 g/mol. The van der Waals surface area contributed by atoms with Crippen molar-refractivity contribution in [2.75, 3.05) is 0 Å². The zero-order valence-corrected chi connectivity index (χ0v) is 14.1. The van der Waals surface area contributed by atoms with Crippen LogP contribution in [0.4, 0.5) is 4.39 Å². The highest BCUT2D eigenvalue weighted by atomic mass is 79.9. The molecule has 0 saturated carbocycles. The zero-order chi connectivity index (χ0) is 15.6. The van der Waals surface area contributed by atoms with Gasteiger partial charge in [-0.05, 0) is 42.3 Å². The van der Waals surface area contributed by atoms with Crippen LogP contribution in [0, 0.1) is 12.7 Å². The normalized spacial score (nSPS) is 12.7. The van der Waals surface area contributed by atoms with E-state index < -0.39 is 6.10 Å². The van der Waals surface area contributed by atoms with Crippen molar-refractivity contribution in [2.45, 2.75) is 46.3 Å². The molecule has 0 aliphatic heterocycles. The molecule has 1 aromatic heterocycles. The van der Waals surface area contributed by atoms with Crippen LogP contribution in [0.2, 0.25) is 0 Å². The van der Waals surface area contributed by atoms with Crippen molar-refractivity contribution in [3.63, 3.8) is 0 Å². The largest absolute Gasteiger partial charge is 0.388 e. The maximum absolute atomic E-state index is 13.9. The van der Waals surface area contributed by atoms with Crippen molar-refractivity contribution < 1.29 is 9.50 Å². The summed E-state index contributed by atoms with van der Waals surface area (Å²) in [5.41, 5.74) is 3.14. The Bertz CT molecular complexity index is 639. The lowest BCUT2D eigenvalue weighted by Gasteiger charge is -2.14. The van der Waals surface area contributed by atoms with Crippen LogP contribution in [0.1, 0.15) is 42.5 Å². The third kappa shape index (κ3) is 3.35. The second-order valence-corrected chi connectivity index (χ2v) is 5.91. The predicted octanol–water partition coefficient (Wildman–Crippen LogP) is 3.95. The van der Waals surface area contributed by atoms with Crippen LogP contribution < -0.4 is 0 Å². The van der Waals surface area contributed by atoms with Gasteiger partial charge in [-0.15, -0.1) is 0 Å². The summed E-state index contributed by atoms with van der Waals surface area (Å²) in [5.74, 6) is -0.373. The number of aliphatic hydroxyl groups excluding tert-OH is 1. The zero-order valence-electron chi connectivity index (χ0n) is 12.5. The molecule has 21 heavy (non-hydrogen) atoms. The Morgan fingerprint density at radius 3 is 2.71 bits per heavy atom. The van der Waals surface area contributed by atoms with Gasteiger partial charge in [-0.2, -0.15) is 5.10 Å². The molecule has 2 rings (SSSR count). The molecule has 1 unspecified atom stereocenters. The van der Waals surface area contributed by atoms with Crippen LogP contribution in [0.25, 0.3) is 0 Å². The van der Waals surface area contributed by atoms with E-state index in [2.05, 4.69) is 21.0 Å². The van der Waals surface area contributed by atoms with Crippen LogP contribution >= 0.6 is 15.9 Å². The molecule has 1 atom stereocenters. The van der Waals surface area contributed by atoms with Gasteiger partial charge in [0.15, 0.2) is 0 Å².